The molecule has 1 saturated carbocycles. The number of amides is 1. The molecule has 1 aromatic carbocycles. The van der Waals surface area contributed by atoms with Crippen LogP contribution in [0, 0.1) is 0 Å². The number of piperazine rings is 1. The molecule has 1 saturated heterocycles. The molecule has 1 amide bonds. The van der Waals surface area contributed by atoms with Crippen molar-refractivity contribution in [2.45, 2.75) is 24.7 Å². The van der Waals surface area contributed by atoms with E-state index in [1.165, 1.54) is 24.8 Å². The number of hydrogen-bond acceptors (Lipinski definition) is 3. The summed E-state index contributed by atoms with van der Waals surface area (Å²) in [5, 5.41) is 0. The summed E-state index contributed by atoms with van der Waals surface area (Å²) >= 11 is 0. The van der Waals surface area contributed by atoms with Crippen LogP contribution in [0.15, 0.2) is 24.3 Å². The molecule has 2 aliphatic rings. The van der Waals surface area contributed by atoms with Gasteiger partial charge in [0.15, 0.2) is 0 Å². The Kier molecular flexibility index (Phi) is 3.52. The van der Waals surface area contributed by atoms with E-state index in [0.29, 0.717) is 13.1 Å². The maximum atomic E-state index is 12.2. The number of nitrogens with two attached hydrogens (primary N) is 1. The van der Waals surface area contributed by atoms with Gasteiger partial charge in [-0.25, -0.2) is 0 Å². The van der Waals surface area contributed by atoms with Gasteiger partial charge in [0.2, 0.25) is 5.91 Å². The van der Waals surface area contributed by atoms with Crippen LogP contribution in [-0.4, -0.2) is 44.0 Å². The summed E-state index contributed by atoms with van der Waals surface area (Å²) in [4.78, 5) is 16.2. The molecular weight excluding hydrogens is 250 g/mol. The van der Waals surface area contributed by atoms with Crippen LogP contribution in [0.1, 0.15) is 24.8 Å². The zero-order valence-corrected chi connectivity index (χ0v) is 12.1. The van der Waals surface area contributed by atoms with Crippen LogP contribution in [-0.2, 0) is 10.2 Å². The van der Waals surface area contributed by atoms with Crippen LogP contribution < -0.4 is 10.6 Å². The van der Waals surface area contributed by atoms with Crippen LogP contribution in [0.25, 0.3) is 0 Å². The number of rotatable bonds is 3. The Labute approximate surface area is 120 Å². The molecule has 1 aliphatic heterocycles. The van der Waals surface area contributed by atoms with Crippen LogP contribution in [0.4, 0.5) is 5.69 Å². The van der Waals surface area contributed by atoms with Crippen LogP contribution in [0.3, 0.4) is 0 Å². The second kappa shape index (κ2) is 5.19. The number of carbonyl (C=O) groups excluding carboxylic acids is 1. The van der Waals surface area contributed by atoms with Crippen molar-refractivity contribution in [3.8, 4) is 0 Å². The average Bonchev–Trinajstić information content (AvgIpc) is 2.38. The molecule has 108 valence electrons. The van der Waals surface area contributed by atoms with Crippen LogP contribution >= 0.6 is 0 Å². The van der Waals surface area contributed by atoms with Crippen molar-refractivity contribution in [3.05, 3.63) is 29.8 Å². The Morgan fingerprint density at radius 1 is 1.30 bits per heavy atom. The van der Waals surface area contributed by atoms with E-state index in [4.69, 9.17) is 5.73 Å². The van der Waals surface area contributed by atoms with E-state index in [2.05, 4.69) is 23.1 Å². The Morgan fingerprint density at radius 2 is 2.10 bits per heavy atom. The molecule has 0 spiro atoms. The summed E-state index contributed by atoms with van der Waals surface area (Å²) in [6.07, 6.45) is 3.60. The van der Waals surface area contributed by atoms with Crippen molar-refractivity contribution >= 4 is 11.6 Å². The topological polar surface area (TPSA) is 49.6 Å². The summed E-state index contributed by atoms with van der Waals surface area (Å²) in [5.74, 6) is 0.186. The van der Waals surface area contributed by atoms with Gasteiger partial charge in [-0.3, -0.25) is 9.69 Å². The van der Waals surface area contributed by atoms with Gasteiger partial charge < -0.3 is 10.6 Å². The zero-order chi connectivity index (χ0) is 14.2. The first-order valence-corrected chi connectivity index (χ1v) is 7.44. The number of anilines is 1. The smallest absolute Gasteiger partial charge is 0.241 e. The molecule has 0 atom stereocenters. The fraction of sp³-hybridized carbons (Fsp3) is 0.562. The van der Waals surface area contributed by atoms with Gasteiger partial charge in [0.05, 0.1) is 6.54 Å². The van der Waals surface area contributed by atoms with Gasteiger partial charge in [-0.15, -0.1) is 0 Å². The van der Waals surface area contributed by atoms with E-state index < -0.39 is 0 Å². The molecular formula is C16H23N3O. The maximum absolute atomic E-state index is 12.2. The summed E-state index contributed by atoms with van der Waals surface area (Å²) in [6.45, 7) is 2.91. The van der Waals surface area contributed by atoms with Gasteiger partial charge in [-0.1, -0.05) is 18.6 Å². The Hall–Kier alpha value is -1.39. The molecule has 4 heteroatoms. The molecule has 0 bridgehead atoms. The van der Waals surface area contributed by atoms with Gasteiger partial charge in [0.1, 0.15) is 0 Å². The Morgan fingerprint density at radius 3 is 2.70 bits per heavy atom. The van der Waals surface area contributed by atoms with Crippen LogP contribution in [0.2, 0.25) is 0 Å². The minimum atomic E-state index is 0.158. The fourth-order valence-electron chi connectivity index (χ4n) is 3.28. The molecule has 0 radical (unpaired) electrons. The van der Waals surface area contributed by atoms with Gasteiger partial charge in [-0.2, -0.15) is 0 Å². The SMILES string of the molecule is CN1CCN(c2cccc(C3(CN)CCC3)c2)C(=O)C1. The largest absolute Gasteiger partial charge is 0.330 e. The monoisotopic (exact) mass is 273 g/mol. The molecule has 2 N–H and O–H groups in total. The number of benzene rings is 1. The second-order valence-corrected chi connectivity index (χ2v) is 6.17. The molecule has 2 fully saturated rings. The first-order chi connectivity index (χ1) is 9.64. The first-order valence-electron chi connectivity index (χ1n) is 7.44. The van der Waals surface area contributed by atoms with Crippen molar-refractivity contribution in [1.82, 2.24) is 4.90 Å². The third-order valence-electron chi connectivity index (χ3n) is 4.88. The minimum Gasteiger partial charge on any atom is -0.330 e. The molecule has 0 aromatic heterocycles. The highest BCUT2D eigenvalue weighted by Crippen LogP contribution is 2.43. The highest BCUT2D eigenvalue weighted by molar-refractivity contribution is 5.95. The lowest BCUT2D eigenvalue weighted by molar-refractivity contribution is -0.120. The van der Waals surface area contributed by atoms with Crippen molar-refractivity contribution in [3.63, 3.8) is 0 Å². The predicted molar refractivity (Wildman–Crippen MR) is 80.9 cm³/mol. The van der Waals surface area contributed by atoms with E-state index in [-0.39, 0.29) is 11.3 Å². The summed E-state index contributed by atoms with van der Waals surface area (Å²) in [5.41, 5.74) is 8.48. The molecule has 0 unspecified atom stereocenters. The highest BCUT2D eigenvalue weighted by Gasteiger charge is 2.37. The quantitative estimate of drug-likeness (QED) is 0.904. The average molecular weight is 273 g/mol. The van der Waals surface area contributed by atoms with E-state index in [1.807, 2.05) is 18.0 Å². The molecule has 1 aliphatic carbocycles. The maximum Gasteiger partial charge on any atom is 0.241 e. The van der Waals surface area contributed by atoms with E-state index in [0.717, 1.165) is 18.8 Å². The van der Waals surface area contributed by atoms with Crippen molar-refractivity contribution in [2.75, 3.05) is 38.1 Å². The van der Waals surface area contributed by atoms with Gasteiger partial charge in [0.25, 0.3) is 0 Å². The molecule has 1 aromatic rings. The summed E-state index contributed by atoms with van der Waals surface area (Å²) < 4.78 is 0. The highest BCUT2D eigenvalue weighted by atomic mass is 16.2. The molecule has 20 heavy (non-hydrogen) atoms. The van der Waals surface area contributed by atoms with Crippen LogP contribution in [0.5, 0.6) is 0 Å². The fourth-order valence-corrected chi connectivity index (χ4v) is 3.28. The third kappa shape index (κ3) is 2.23. The second-order valence-electron chi connectivity index (χ2n) is 6.17. The van der Waals surface area contributed by atoms with Crippen molar-refractivity contribution in [2.24, 2.45) is 5.73 Å². The predicted octanol–water partition coefficient (Wildman–Crippen LogP) is 1.35. The molecule has 1 heterocycles. The lowest BCUT2D eigenvalue weighted by Gasteiger charge is -2.42. The normalized spacial score (nSPS) is 22.7. The number of likely N-dealkylation sites (N-methyl/N-ethyl adjacent to an activating group) is 1. The van der Waals surface area contributed by atoms with E-state index in [1.54, 1.807) is 0 Å². The van der Waals surface area contributed by atoms with Gasteiger partial charge in [-0.05, 0) is 37.6 Å². The first kappa shape index (κ1) is 13.6. The van der Waals surface area contributed by atoms with Gasteiger partial charge >= 0.3 is 0 Å². The third-order valence-corrected chi connectivity index (χ3v) is 4.88. The standard InChI is InChI=1S/C16H23N3O/c1-18-8-9-19(15(20)11-18)14-5-2-4-13(10-14)16(12-17)6-3-7-16/h2,4-5,10H,3,6-9,11-12,17H2,1H3. The Balaban J connectivity index is 1.86. The van der Waals surface area contributed by atoms with Crippen molar-refractivity contribution < 1.29 is 4.79 Å². The lowest BCUT2D eigenvalue weighted by atomic mass is 9.64. The molecule has 4 nitrogen and oxygen atoms in total. The van der Waals surface area contributed by atoms with E-state index in [9.17, 15) is 4.79 Å². The number of nitrogens with zero attached hydrogens (tertiary/aromatic N) is 2. The van der Waals surface area contributed by atoms with E-state index >= 15 is 0 Å². The Bertz CT molecular complexity index is 505. The lowest BCUT2D eigenvalue weighted by Crippen LogP contribution is -2.49. The minimum absolute atomic E-state index is 0.158. The number of hydrogen-bond donors (Lipinski definition) is 1. The summed E-state index contributed by atoms with van der Waals surface area (Å²) in [6, 6.07) is 8.44. The number of carbonyl (C=O) groups is 1. The molecule has 3 rings (SSSR count). The zero-order valence-electron chi connectivity index (χ0n) is 12.1. The summed E-state index contributed by atoms with van der Waals surface area (Å²) in [7, 11) is 1.99. The van der Waals surface area contributed by atoms with Gasteiger partial charge in [0, 0.05) is 30.7 Å². The van der Waals surface area contributed by atoms with Crippen molar-refractivity contribution in [1.29, 1.82) is 0 Å².